The Kier molecular flexibility index (Phi) is 7.08. The molecule has 0 aliphatic carbocycles. The Bertz CT molecular complexity index is 840. The van der Waals surface area contributed by atoms with Crippen LogP contribution in [0.15, 0.2) is 48.5 Å². The lowest BCUT2D eigenvalue weighted by Crippen LogP contribution is -2.40. The highest BCUT2D eigenvalue weighted by atomic mass is 16.7. The lowest BCUT2D eigenvalue weighted by Gasteiger charge is -2.24. The first-order valence-corrected chi connectivity index (χ1v) is 9.54. The minimum absolute atomic E-state index is 0.115. The number of benzene rings is 2. The van der Waals surface area contributed by atoms with Gasteiger partial charge >= 0.3 is 5.97 Å². The molecule has 0 saturated heterocycles. The van der Waals surface area contributed by atoms with Gasteiger partial charge < -0.3 is 19.5 Å². The normalized spacial score (nSPS) is 13.2. The molecule has 1 aliphatic rings. The summed E-state index contributed by atoms with van der Waals surface area (Å²) >= 11 is 0. The number of rotatable bonds is 9. The number of carbonyl (C=O) groups is 2. The van der Waals surface area contributed by atoms with Crippen LogP contribution in [0.5, 0.6) is 11.5 Å². The van der Waals surface area contributed by atoms with Crippen molar-refractivity contribution in [2.24, 2.45) is 5.92 Å². The molecule has 7 heteroatoms. The van der Waals surface area contributed by atoms with Crippen LogP contribution >= 0.6 is 0 Å². The monoisotopic (exact) mass is 398 g/mol. The van der Waals surface area contributed by atoms with Gasteiger partial charge in [0.2, 0.25) is 12.7 Å². The Labute approximate surface area is 170 Å². The van der Waals surface area contributed by atoms with Gasteiger partial charge in [-0.05, 0) is 23.3 Å². The number of carbonyl (C=O) groups excluding carboxylic acids is 2. The van der Waals surface area contributed by atoms with E-state index in [1.807, 2.05) is 53.4 Å². The Morgan fingerprint density at radius 1 is 1.10 bits per heavy atom. The van der Waals surface area contributed by atoms with Crippen molar-refractivity contribution in [1.82, 2.24) is 10.2 Å². The smallest absolute Gasteiger partial charge is 0.309 e. The number of nitrogens with one attached hydrogen (secondary N) is 1. The van der Waals surface area contributed by atoms with Crippen molar-refractivity contribution in [3.63, 3.8) is 0 Å². The summed E-state index contributed by atoms with van der Waals surface area (Å²) < 4.78 is 15.5. The first kappa shape index (κ1) is 20.7. The first-order chi connectivity index (χ1) is 14.0. The second-order valence-electron chi connectivity index (χ2n) is 7.04. The molecule has 0 fully saturated rings. The standard InChI is InChI=1S/C22H26N2O5/c1-16(22(26)27-2)12-24(13-17-6-4-3-5-7-17)14-21(25)23-11-18-8-9-19-20(10-18)29-15-28-19/h3-10,16H,11-15H2,1-2H3,(H,23,25). The highest BCUT2D eigenvalue weighted by molar-refractivity contribution is 5.78. The summed E-state index contributed by atoms with van der Waals surface area (Å²) in [7, 11) is 1.37. The average molecular weight is 398 g/mol. The van der Waals surface area contributed by atoms with Gasteiger partial charge in [0.1, 0.15) is 0 Å². The maximum atomic E-state index is 12.5. The van der Waals surface area contributed by atoms with Gasteiger partial charge in [0, 0.05) is 19.6 Å². The Morgan fingerprint density at radius 3 is 2.62 bits per heavy atom. The summed E-state index contributed by atoms with van der Waals surface area (Å²) in [5, 5.41) is 2.93. The predicted molar refractivity (Wildman–Crippen MR) is 107 cm³/mol. The summed E-state index contributed by atoms with van der Waals surface area (Å²) in [5.41, 5.74) is 2.01. The van der Waals surface area contributed by atoms with Gasteiger partial charge in [-0.2, -0.15) is 0 Å². The molecule has 1 aliphatic heterocycles. The van der Waals surface area contributed by atoms with E-state index in [1.54, 1.807) is 6.92 Å². The first-order valence-electron chi connectivity index (χ1n) is 9.54. The largest absolute Gasteiger partial charge is 0.469 e. The van der Waals surface area contributed by atoms with Crippen molar-refractivity contribution >= 4 is 11.9 Å². The Hall–Kier alpha value is -3.06. The molecule has 1 N–H and O–H groups in total. The van der Waals surface area contributed by atoms with E-state index in [0.717, 1.165) is 11.1 Å². The fraction of sp³-hybridized carbons (Fsp3) is 0.364. The SMILES string of the molecule is COC(=O)C(C)CN(CC(=O)NCc1ccc2c(c1)OCO2)Cc1ccccc1. The van der Waals surface area contributed by atoms with Crippen LogP contribution < -0.4 is 14.8 Å². The zero-order chi connectivity index (χ0) is 20.6. The maximum absolute atomic E-state index is 12.5. The second-order valence-corrected chi connectivity index (χ2v) is 7.04. The van der Waals surface area contributed by atoms with Crippen molar-refractivity contribution in [2.45, 2.75) is 20.0 Å². The van der Waals surface area contributed by atoms with Gasteiger partial charge in [0.15, 0.2) is 11.5 Å². The van der Waals surface area contributed by atoms with E-state index in [-0.39, 0.29) is 31.1 Å². The predicted octanol–water partition coefficient (Wildman–Crippen LogP) is 2.34. The van der Waals surface area contributed by atoms with Gasteiger partial charge in [-0.25, -0.2) is 0 Å². The molecular weight excluding hydrogens is 372 g/mol. The quantitative estimate of drug-likeness (QED) is 0.654. The van der Waals surface area contributed by atoms with Crippen LogP contribution in [0.25, 0.3) is 0 Å². The fourth-order valence-electron chi connectivity index (χ4n) is 3.20. The molecule has 1 atom stereocenters. The summed E-state index contributed by atoms with van der Waals surface area (Å²) in [5.74, 6) is 0.671. The van der Waals surface area contributed by atoms with Crippen molar-refractivity contribution in [2.75, 3.05) is 27.0 Å². The number of hydrogen-bond acceptors (Lipinski definition) is 6. The van der Waals surface area contributed by atoms with Gasteiger partial charge in [-0.15, -0.1) is 0 Å². The summed E-state index contributed by atoms with van der Waals surface area (Å²) in [6, 6.07) is 15.5. The van der Waals surface area contributed by atoms with Gasteiger partial charge in [-0.1, -0.05) is 43.3 Å². The van der Waals surface area contributed by atoms with Gasteiger partial charge in [0.25, 0.3) is 0 Å². The molecule has 0 saturated carbocycles. The van der Waals surface area contributed by atoms with E-state index in [4.69, 9.17) is 14.2 Å². The van der Waals surface area contributed by atoms with Crippen molar-refractivity contribution in [1.29, 1.82) is 0 Å². The lowest BCUT2D eigenvalue weighted by molar-refractivity contribution is -0.145. The van der Waals surface area contributed by atoms with Crippen LogP contribution in [0.3, 0.4) is 0 Å². The highest BCUT2D eigenvalue weighted by Crippen LogP contribution is 2.32. The third kappa shape index (κ3) is 5.96. The van der Waals surface area contributed by atoms with Crippen LogP contribution in [0.4, 0.5) is 0 Å². The van der Waals surface area contributed by atoms with Crippen LogP contribution in [0.1, 0.15) is 18.1 Å². The molecule has 3 rings (SSSR count). The minimum atomic E-state index is -0.328. The molecule has 0 bridgehead atoms. The average Bonchev–Trinajstić information content (AvgIpc) is 3.20. The maximum Gasteiger partial charge on any atom is 0.309 e. The van der Waals surface area contributed by atoms with Crippen molar-refractivity contribution < 1.29 is 23.8 Å². The third-order valence-electron chi connectivity index (χ3n) is 4.68. The molecule has 0 spiro atoms. The fourth-order valence-corrected chi connectivity index (χ4v) is 3.20. The molecule has 7 nitrogen and oxygen atoms in total. The number of methoxy groups -OCH3 is 1. The van der Waals surface area contributed by atoms with Crippen molar-refractivity contribution in [3.05, 3.63) is 59.7 Å². The van der Waals surface area contributed by atoms with E-state index in [1.165, 1.54) is 7.11 Å². The molecule has 154 valence electrons. The molecule has 2 aromatic carbocycles. The van der Waals surface area contributed by atoms with E-state index in [2.05, 4.69) is 5.32 Å². The molecule has 1 unspecified atom stereocenters. The summed E-state index contributed by atoms with van der Waals surface area (Å²) in [6.45, 7) is 3.59. The molecule has 2 aromatic rings. The number of ether oxygens (including phenoxy) is 3. The van der Waals surface area contributed by atoms with Gasteiger partial charge in [-0.3, -0.25) is 14.5 Å². The molecular formula is C22H26N2O5. The number of hydrogen-bond donors (Lipinski definition) is 1. The Balaban J connectivity index is 1.58. The summed E-state index contributed by atoms with van der Waals surface area (Å²) in [4.78, 5) is 26.3. The van der Waals surface area contributed by atoms with Crippen LogP contribution in [0, 0.1) is 5.92 Å². The molecule has 1 amide bonds. The van der Waals surface area contributed by atoms with E-state index < -0.39 is 0 Å². The van der Waals surface area contributed by atoms with Crippen LogP contribution in [0.2, 0.25) is 0 Å². The van der Waals surface area contributed by atoms with E-state index >= 15 is 0 Å². The highest BCUT2D eigenvalue weighted by Gasteiger charge is 2.20. The van der Waals surface area contributed by atoms with E-state index in [9.17, 15) is 9.59 Å². The second kappa shape index (κ2) is 9.93. The molecule has 0 radical (unpaired) electrons. The zero-order valence-corrected chi connectivity index (χ0v) is 16.7. The lowest BCUT2D eigenvalue weighted by atomic mass is 10.1. The number of fused-ring (bicyclic) bond motifs is 1. The van der Waals surface area contributed by atoms with Crippen LogP contribution in [-0.2, 0) is 27.4 Å². The summed E-state index contributed by atoms with van der Waals surface area (Å²) in [6.07, 6.45) is 0. The third-order valence-corrected chi connectivity index (χ3v) is 4.68. The molecule has 0 aromatic heterocycles. The molecule has 1 heterocycles. The van der Waals surface area contributed by atoms with Crippen LogP contribution in [-0.4, -0.2) is 43.8 Å². The zero-order valence-electron chi connectivity index (χ0n) is 16.7. The topological polar surface area (TPSA) is 77.1 Å². The number of esters is 1. The van der Waals surface area contributed by atoms with Crippen molar-refractivity contribution in [3.8, 4) is 11.5 Å². The number of nitrogens with zero attached hydrogens (tertiary/aromatic N) is 1. The Morgan fingerprint density at radius 2 is 1.86 bits per heavy atom. The number of amides is 1. The van der Waals surface area contributed by atoms with Gasteiger partial charge in [0.05, 0.1) is 19.6 Å². The molecule has 29 heavy (non-hydrogen) atoms. The minimum Gasteiger partial charge on any atom is -0.469 e. The van der Waals surface area contributed by atoms with E-state index in [0.29, 0.717) is 31.1 Å².